The van der Waals surface area contributed by atoms with Crippen molar-refractivity contribution in [1.82, 2.24) is 5.32 Å². The minimum atomic E-state index is -0.785. The Bertz CT molecular complexity index is 1030. The van der Waals surface area contributed by atoms with Crippen molar-refractivity contribution in [3.63, 3.8) is 0 Å². The molecule has 4 nitrogen and oxygen atoms in total. The maximum atomic E-state index is 11.9. The summed E-state index contributed by atoms with van der Waals surface area (Å²) < 4.78 is 0. The van der Waals surface area contributed by atoms with Gasteiger partial charge in [0.2, 0.25) is 0 Å². The van der Waals surface area contributed by atoms with Gasteiger partial charge in [0, 0.05) is 11.6 Å². The molecule has 5 heteroatoms. The lowest BCUT2D eigenvalue weighted by Gasteiger charge is -2.70. The number of hydrogen-bond acceptors (Lipinski definition) is 4. The van der Waals surface area contributed by atoms with Gasteiger partial charge in [-0.2, -0.15) is 0 Å². The minimum Gasteiger partial charge on any atom is -0.393 e. The van der Waals surface area contributed by atoms with Crippen LogP contribution in [0.4, 0.5) is 0 Å². The number of aliphatic hydroxyl groups is 3. The Kier molecular flexibility index (Phi) is 7.85. The van der Waals surface area contributed by atoms with Gasteiger partial charge in [-0.25, -0.2) is 0 Å². The molecular formula is C34H54ClNO3. The molecule has 0 saturated heterocycles. The van der Waals surface area contributed by atoms with Crippen LogP contribution in [0.3, 0.4) is 0 Å². The Morgan fingerprint density at radius 2 is 1.59 bits per heavy atom. The van der Waals surface area contributed by atoms with E-state index in [1.54, 1.807) is 0 Å². The first kappa shape index (κ1) is 29.8. The molecular weight excluding hydrogens is 506 g/mol. The van der Waals surface area contributed by atoms with E-state index in [0.717, 1.165) is 75.9 Å². The summed E-state index contributed by atoms with van der Waals surface area (Å²) in [5.74, 6) is 1.20. The van der Waals surface area contributed by atoms with E-state index < -0.39 is 5.60 Å². The van der Waals surface area contributed by atoms with Gasteiger partial charge in [0.15, 0.2) is 0 Å². The molecule has 39 heavy (non-hydrogen) atoms. The molecule has 4 aliphatic carbocycles. The SMILES string of the molecule is CC1(C)[C@@H](O)CC[C@]2(C)[C@H]3C[C@@H](O)[C@@H]4[C@@H]([C@@](C)(O)CCCNCc5ccc(Cl)cc5)CC[C@@]4(C)[C@]3(C)CC[C@@H]12. The molecule has 4 saturated carbocycles. The van der Waals surface area contributed by atoms with Crippen LogP contribution in [-0.4, -0.2) is 39.7 Å². The van der Waals surface area contributed by atoms with Crippen LogP contribution in [0.1, 0.15) is 105 Å². The fourth-order valence-corrected chi connectivity index (χ4v) is 11.2. The molecule has 0 heterocycles. The average molecular weight is 560 g/mol. The average Bonchev–Trinajstić information content (AvgIpc) is 3.25. The van der Waals surface area contributed by atoms with E-state index in [1.165, 1.54) is 5.56 Å². The van der Waals surface area contributed by atoms with Crippen LogP contribution in [0.2, 0.25) is 5.02 Å². The molecule has 5 rings (SSSR count). The lowest BCUT2D eigenvalue weighted by Crippen LogP contribution is -2.66. The summed E-state index contributed by atoms with van der Waals surface area (Å²) in [6.07, 6.45) is 8.22. The number of hydrogen-bond donors (Lipinski definition) is 4. The highest BCUT2D eigenvalue weighted by Gasteiger charge is 2.71. The molecule has 4 fully saturated rings. The molecule has 4 aliphatic rings. The van der Waals surface area contributed by atoms with Crippen LogP contribution in [0.15, 0.2) is 24.3 Å². The third-order valence-electron chi connectivity index (χ3n) is 13.4. The fourth-order valence-electron chi connectivity index (χ4n) is 11.0. The summed E-state index contributed by atoms with van der Waals surface area (Å²) in [6, 6.07) is 7.94. The van der Waals surface area contributed by atoms with Gasteiger partial charge in [-0.15, -0.1) is 0 Å². The molecule has 0 spiro atoms. The zero-order valence-corrected chi connectivity index (χ0v) is 26.0. The summed E-state index contributed by atoms with van der Waals surface area (Å²) in [7, 11) is 0. The van der Waals surface area contributed by atoms with E-state index >= 15 is 0 Å². The predicted molar refractivity (Wildman–Crippen MR) is 159 cm³/mol. The van der Waals surface area contributed by atoms with Crippen molar-refractivity contribution in [2.45, 2.75) is 124 Å². The number of rotatable bonds is 7. The second-order valence-electron chi connectivity index (χ2n) is 15.6. The predicted octanol–water partition coefficient (Wildman–Crippen LogP) is 6.98. The minimum absolute atomic E-state index is 0.0189. The zero-order valence-electron chi connectivity index (χ0n) is 25.3. The van der Waals surface area contributed by atoms with Crippen LogP contribution < -0.4 is 5.32 Å². The number of nitrogens with one attached hydrogen (secondary N) is 1. The molecule has 0 amide bonds. The number of halogens is 1. The second kappa shape index (κ2) is 10.3. The quantitative estimate of drug-likeness (QED) is 0.272. The van der Waals surface area contributed by atoms with Gasteiger partial charge in [0.1, 0.15) is 0 Å². The Hall–Kier alpha value is -0.650. The van der Waals surface area contributed by atoms with Gasteiger partial charge in [-0.3, -0.25) is 0 Å². The Labute approximate surface area is 242 Å². The van der Waals surface area contributed by atoms with E-state index in [-0.39, 0.29) is 45.7 Å². The summed E-state index contributed by atoms with van der Waals surface area (Å²) in [5.41, 5.74) is 0.648. The van der Waals surface area contributed by atoms with Gasteiger partial charge in [0.05, 0.1) is 17.8 Å². The molecule has 4 N–H and O–H groups in total. The topological polar surface area (TPSA) is 72.7 Å². The molecule has 220 valence electrons. The van der Waals surface area contributed by atoms with Crippen LogP contribution >= 0.6 is 11.6 Å². The number of benzene rings is 1. The van der Waals surface area contributed by atoms with Crippen molar-refractivity contribution in [3.05, 3.63) is 34.9 Å². The smallest absolute Gasteiger partial charge is 0.0652 e. The molecule has 10 atom stereocenters. The van der Waals surface area contributed by atoms with Gasteiger partial charge >= 0.3 is 0 Å². The van der Waals surface area contributed by atoms with Crippen molar-refractivity contribution < 1.29 is 15.3 Å². The summed E-state index contributed by atoms with van der Waals surface area (Å²) >= 11 is 6.00. The highest BCUT2D eigenvalue weighted by Crippen LogP contribution is 2.75. The molecule has 0 radical (unpaired) electrons. The summed E-state index contributed by atoms with van der Waals surface area (Å²) in [4.78, 5) is 0. The first-order valence-corrected chi connectivity index (χ1v) is 16.1. The molecule has 0 aliphatic heterocycles. The lowest BCUT2D eigenvalue weighted by molar-refractivity contribution is -0.246. The summed E-state index contributed by atoms with van der Waals surface area (Å²) in [5, 5.41) is 38.9. The van der Waals surface area contributed by atoms with Crippen LogP contribution in [0.5, 0.6) is 0 Å². The molecule has 0 aromatic heterocycles. The monoisotopic (exact) mass is 559 g/mol. The van der Waals surface area contributed by atoms with Gasteiger partial charge in [0.25, 0.3) is 0 Å². The van der Waals surface area contributed by atoms with Crippen LogP contribution in [0.25, 0.3) is 0 Å². The van der Waals surface area contributed by atoms with E-state index in [0.29, 0.717) is 11.8 Å². The van der Waals surface area contributed by atoms with Crippen LogP contribution in [-0.2, 0) is 6.54 Å². The lowest BCUT2D eigenvalue weighted by atomic mass is 9.35. The van der Waals surface area contributed by atoms with E-state index in [4.69, 9.17) is 11.6 Å². The first-order valence-electron chi connectivity index (χ1n) is 15.7. The van der Waals surface area contributed by atoms with Crippen molar-refractivity contribution in [3.8, 4) is 0 Å². The van der Waals surface area contributed by atoms with E-state index in [2.05, 4.69) is 39.9 Å². The second-order valence-corrected chi connectivity index (χ2v) is 16.0. The largest absolute Gasteiger partial charge is 0.393 e. The molecule has 1 aromatic carbocycles. The van der Waals surface area contributed by atoms with Crippen molar-refractivity contribution in [1.29, 1.82) is 0 Å². The van der Waals surface area contributed by atoms with Gasteiger partial charge in [-0.05, 0) is 134 Å². The first-order chi connectivity index (χ1) is 18.2. The zero-order chi connectivity index (χ0) is 28.4. The van der Waals surface area contributed by atoms with Crippen molar-refractivity contribution >= 4 is 11.6 Å². The van der Waals surface area contributed by atoms with Crippen molar-refractivity contribution in [2.75, 3.05) is 6.54 Å². The Morgan fingerprint density at radius 3 is 2.28 bits per heavy atom. The molecule has 1 aromatic rings. The van der Waals surface area contributed by atoms with Gasteiger partial charge < -0.3 is 20.6 Å². The standard InChI is InChI=1S/C34H54ClNO3/c1-30(2)26-13-18-32(4)27(31(26,3)16-14-28(30)38)20-25(37)29-24(12-17-33(29,32)5)34(6,39)15-7-19-36-21-22-8-10-23(35)11-9-22/h8-11,24-29,36-39H,7,12-21H2,1-6H3/t24-,25+,26-,27+,28-,29-,31-,32+,33+,34-/m0/s1. The third kappa shape index (κ3) is 4.73. The number of aliphatic hydroxyl groups excluding tert-OH is 2. The van der Waals surface area contributed by atoms with E-state index in [9.17, 15) is 15.3 Å². The third-order valence-corrected chi connectivity index (χ3v) is 13.7. The fraction of sp³-hybridized carbons (Fsp3) is 0.824. The van der Waals surface area contributed by atoms with Crippen molar-refractivity contribution in [2.24, 2.45) is 45.3 Å². The normalized spacial score (nSPS) is 44.7. The maximum Gasteiger partial charge on any atom is 0.0652 e. The molecule has 0 unspecified atom stereocenters. The Morgan fingerprint density at radius 1 is 0.923 bits per heavy atom. The number of fused-ring (bicyclic) bond motifs is 5. The Balaban J connectivity index is 1.28. The highest BCUT2D eigenvalue weighted by atomic mass is 35.5. The van der Waals surface area contributed by atoms with E-state index in [1.807, 2.05) is 31.2 Å². The highest BCUT2D eigenvalue weighted by molar-refractivity contribution is 6.30. The van der Waals surface area contributed by atoms with Gasteiger partial charge in [-0.1, -0.05) is 58.4 Å². The maximum absolute atomic E-state index is 11.9. The summed E-state index contributed by atoms with van der Waals surface area (Å²) in [6.45, 7) is 15.7. The molecule has 0 bridgehead atoms. The van der Waals surface area contributed by atoms with Crippen LogP contribution in [0, 0.1) is 45.3 Å².